The molecule has 2 aromatic rings. The monoisotopic (exact) mass is 266 g/mol. The fraction of sp³-hybridized carbons (Fsp3) is 0.286. The van der Waals surface area contributed by atoms with Gasteiger partial charge in [0.2, 0.25) is 0 Å². The van der Waals surface area contributed by atoms with Gasteiger partial charge in [0, 0.05) is 25.0 Å². The number of rotatable bonds is 1. The Kier molecular flexibility index (Phi) is 2.86. The quantitative estimate of drug-likeness (QED) is 0.838. The van der Waals surface area contributed by atoms with Crippen LogP contribution in [0.2, 0.25) is 0 Å². The van der Waals surface area contributed by atoms with Gasteiger partial charge in [0.1, 0.15) is 0 Å². The first-order chi connectivity index (χ1) is 9.05. The summed E-state index contributed by atoms with van der Waals surface area (Å²) in [4.78, 5) is 0. The molecule has 100 valence electrons. The number of hydrogen-bond donors (Lipinski definition) is 1. The van der Waals surface area contributed by atoms with Gasteiger partial charge in [-0.2, -0.15) is 13.2 Å². The lowest BCUT2D eigenvalue weighted by atomic mass is 10.0. The maximum absolute atomic E-state index is 12.5. The number of halogens is 3. The first-order valence-electron chi connectivity index (χ1n) is 6.11. The van der Waals surface area contributed by atoms with Crippen LogP contribution in [-0.2, 0) is 12.7 Å². The molecule has 5 heteroatoms. The largest absolute Gasteiger partial charge is 0.416 e. The standard InChI is InChI=1S/C14H13F3N2/c15-14(16,17)11-5-3-10(4-6-11)13-12-2-1-8-19(12)9-7-18-13/h1-6,8,13,18H,7,9H2. The highest BCUT2D eigenvalue weighted by Crippen LogP contribution is 2.31. The molecule has 1 N–H and O–H groups in total. The van der Waals surface area contributed by atoms with Crippen molar-refractivity contribution in [3.8, 4) is 0 Å². The fourth-order valence-corrected chi connectivity index (χ4v) is 2.48. The minimum Gasteiger partial charge on any atom is -0.348 e. The molecule has 1 atom stereocenters. The normalized spacial score (nSPS) is 19.2. The Labute approximate surface area is 108 Å². The average Bonchev–Trinajstić information content (AvgIpc) is 2.86. The number of fused-ring (bicyclic) bond motifs is 1. The Bertz CT molecular complexity index is 569. The lowest BCUT2D eigenvalue weighted by Crippen LogP contribution is -2.33. The van der Waals surface area contributed by atoms with Crippen LogP contribution in [0.5, 0.6) is 0 Å². The zero-order valence-corrected chi connectivity index (χ0v) is 10.1. The molecule has 19 heavy (non-hydrogen) atoms. The zero-order chi connectivity index (χ0) is 13.5. The van der Waals surface area contributed by atoms with Crippen molar-refractivity contribution in [2.75, 3.05) is 6.54 Å². The maximum Gasteiger partial charge on any atom is 0.416 e. The van der Waals surface area contributed by atoms with Crippen molar-refractivity contribution in [1.82, 2.24) is 9.88 Å². The van der Waals surface area contributed by atoms with Crippen LogP contribution < -0.4 is 5.32 Å². The van der Waals surface area contributed by atoms with Gasteiger partial charge in [0.05, 0.1) is 11.6 Å². The van der Waals surface area contributed by atoms with E-state index in [0.717, 1.165) is 36.5 Å². The molecule has 0 saturated carbocycles. The van der Waals surface area contributed by atoms with Gasteiger partial charge in [-0.3, -0.25) is 0 Å². The molecule has 1 aliphatic rings. The van der Waals surface area contributed by atoms with E-state index in [2.05, 4.69) is 9.88 Å². The minimum absolute atomic E-state index is 0.0361. The molecule has 3 rings (SSSR count). The molecule has 1 aromatic heterocycles. The van der Waals surface area contributed by atoms with E-state index in [1.54, 1.807) is 12.1 Å². The predicted octanol–water partition coefficient (Wildman–Crippen LogP) is 3.20. The summed E-state index contributed by atoms with van der Waals surface area (Å²) >= 11 is 0. The molecule has 0 fully saturated rings. The molecule has 1 unspecified atom stereocenters. The Morgan fingerprint density at radius 1 is 1.11 bits per heavy atom. The minimum atomic E-state index is -4.28. The average molecular weight is 266 g/mol. The molecule has 1 aromatic carbocycles. The summed E-state index contributed by atoms with van der Waals surface area (Å²) in [7, 11) is 0. The molecule has 0 spiro atoms. The Balaban J connectivity index is 1.93. The number of hydrogen-bond acceptors (Lipinski definition) is 1. The van der Waals surface area contributed by atoms with Gasteiger partial charge in [-0.05, 0) is 29.8 Å². The van der Waals surface area contributed by atoms with Gasteiger partial charge in [-0.1, -0.05) is 12.1 Å². The maximum atomic E-state index is 12.5. The number of alkyl halides is 3. The van der Waals surface area contributed by atoms with Crippen molar-refractivity contribution in [1.29, 1.82) is 0 Å². The van der Waals surface area contributed by atoms with E-state index in [0.29, 0.717) is 0 Å². The zero-order valence-electron chi connectivity index (χ0n) is 10.1. The van der Waals surface area contributed by atoms with Crippen molar-refractivity contribution in [2.24, 2.45) is 0 Å². The van der Waals surface area contributed by atoms with E-state index in [9.17, 15) is 13.2 Å². The van der Waals surface area contributed by atoms with Gasteiger partial charge < -0.3 is 9.88 Å². The molecular weight excluding hydrogens is 253 g/mol. The Morgan fingerprint density at radius 2 is 1.84 bits per heavy atom. The summed E-state index contributed by atoms with van der Waals surface area (Å²) in [6.07, 6.45) is -2.29. The molecule has 1 aliphatic heterocycles. The third kappa shape index (κ3) is 2.26. The Morgan fingerprint density at radius 3 is 2.53 bits per heavy atom. The predicted molar refractivity (Wildman–Crippen MR) is 65.7 cm³/mol. The van der Waals surface area contributed by atoms with Crippen LogP contribution in [0, 0.1) is 0 Å². The highest BCUT2D eigenvalue weighted by molar-refractivity contribution is 5.33. The summed E-state index contributed by atoms with van der Waals surface area (Å²) in [6.45, 7) is 1.70. The molecule has 0 amide bonds. The number of nitrogens with one attached hydrogen (secondary N) is 1. The lowest BCUT2D eigenvalue weighted by Gasteiger charge is -2.27. The molecule has 0 bridgehead atoms. The van der Waals surface area contributed by atoms with Gasteiger partial charge >= 0.3 is 6.18 Å². The van der Waals surface area contributed by atoms with Crippen molar-refractivity contribution >= 4 is 0 Å². The molecule has 0 radical (unpaired) electrons. The summed E-state index contributed by atoms with van der Waals surface area (Å²) < 4.78 is 39.7. The van der Waals surface area contributed by atoms with Crippen molar-refractivity contribution < 1.29 is 13.2 Å². The molecule has 0 saturated heterocycles. The molecule has 2 nitrogen and oxygen atoms in total. The van der Waals surface area contributed by atoms with Crippen LogP contribution in [0.15, 0.2) is 42.6 Å². The van der Waals surface area contributed by atoms with E-state index in [-0.39, 0.29) is 6.04 Å². The van der Waals surface area contributed by atoms with Gasteiger partial charge in [-0.15, -0.1) is 0 Å². The van der Waals surface area contributed by atoms with Crippen LogP contribution in [-0.4, -0.2) is 11.1 Å². The van der Waals surface area contributed by atoms with E-state index >= 15 is 0 Å². The summed E-state index contributed by atoms with van der Waals surface area (Å²) in [5.74, 6) is 0. The third-order valence-corrected chi connectivity index (χ3v) is 3.43. The van der Waals surface area contributed by atoms with E-state index in [1.807, 2.05) is 18.3 Å². The third-order valence-electron chi connectivity index (χ3n) is 3.43. The SMILES string of the molecule is FC(F)(F)c1ccc(C2NCCn3cccc32)cc1. The van der Waals surface area contributed by atoms with Crippen molar-refractivity contribution in [3.63, 3.8) is 0 Å². The van der Waals surface area contributed by atoms with Crippen molar-refractivity contribution in [3.05, 3.63) is 59.4 Å². The first kappa shape index (κ1) is 12.3. The number of benzene rings is 1. The second-order valence-corrected chi connectivity index (χ2v) is 4.63. The van der Waals surface area contributed by atoms with Crippen LogP contribution in [0.4, 0.5) is 13.2 Å². The first-order valence-corrected chi connectivity index (χ1v) is 6.11. The highest BCUT2D eigenvalue weighted by atomic mass is 19.4. The smallest absolute Gasteiger partial charge is 0.348 e. The van der Waals surface area contributed by atoms with Crippen LogP contribution in [0.25, 0.3) is 0 Å². The second-order valence-electron chi connectivity index (χ2n) is 4.63. The fourth-order valence-electron chi connectivity index (χ4n) is 2.48. The van der Waals surface area contributed by atoms with E-state index in [1.165, 1.54) is 0 Å². The Hall–Kier alpha value is -1.75. The summed E-state index contributed by atoms with van der Waals surface area (Å²) in [5, 5.41) is 3.33. The lowest BCUT2D eigenvalue weighted by molar-refractivity contribution is -0.137. The van der Waals surface area contributed by atoms with Crippen molar-refractivity contribution in [2.45, 2.75) is 18.8 Å². The number of aromatic nitrogens is 1. The van der Waals surface area contributed by atoms with E-state index in [4.69, 9.17) is 0 Å². The van der Waals surface area contributed by atoms with Gasteiger partial charge in [0.15, 0.2) is 0 Å². The van der Waals surface area contributed by atoms with Crippen LogP contribution in [0.1, 0.15) is 22.9 Å². The summed E-state index contributed by atoms with van der Waals surface area (Å²) in [6, 6.07) is 9.28. The second kappa shape index (κ2) is 4.42. The van der Waals surface area contributed by atoms with Gasteiger partial charge in [-0.25, -0.2) is 0 Å². The van der Waals surface area contributed by atoms with Crippen LogP contribution in [0.3, 0.4) is 0 Å². The van der Waals surface area contributed by atoms with Gasteiger partial charge in [0.25, 0.3) is 0 Å². The highest BCUT2D eigenvalue weighted by Gasteiger charge is 2.30. The summed E-state index contributed by atoms with van der Waals surface area (Å²) in [5.41, 5.74) is 1.33. The number of nitrogens with zero attached hydrogens (tertiary/aromatic N) is 1. The van der Waals surface area contributed by atoms with E-state index < -0.39 is 11.7 Å². The molecular formula is C14H13F3N2. The topological polar surface area (TPSA) is 17.0 Å². The molecule has 2 heterocycles. The van der Waals surface area contributed by atoms with Crippen LogP contribution >= 0.6 is 0 Å². The molecule has 0 aliphatic carbocycles.